The van der Waals surface area contributed by atoms with Crippen LogP contribution in [0.5, 0.6) is 0 Å². The maximum atomic E-state index is 6.20. The molecule has 0 spiro atoms. The predicted molar refractivity (Wildman–Crippen MR) is 62.7 cm³/mol. The van der Waals surface area contributed by atoms with E-state index in [9.17, 15) is 0 Å². The number of ether oxygens (including phenoxy) is 1. The number of hydrogen-bond donors (Lipinski definition) is 1. The molecule has 1 aliphatic heterocycles. The summed E-state index contributed by atoms with van der Waals surface area (Å²) in [5.74, 6) is 0. The normalized spacial score (nSPS) is 28.9. The Morgan fingerprint density at radius 1 is 1.40 bits per heavy atom. The highest BCUT2D eigenvalue weighted by Gasteiger charge is 2.18. The fourth-order valence-electron chi connectivity index (χ4n) is 2.62. The number of allylic oxidation sites excluding steroid dienone is 1. The Balaban J connectivity index is 1.71. The Bertz CT molecular complexity index is 219. The molecule has 86 valence electrons. The first-order chi connectivity index (χ1) is 7.36. The van der Waals surface area contributed by atoms with Gasteiger partial charge in [-0.05, 0) is 51.4 Å². The van der Waals surface area contributed by atoms with Gasteiger partial charge < -0.3 is 10.5 Å². The predicted octanol–water partition coefficient (Wildman–Crippen LogP) is 2.77. The molecule has 2 nitrogen and oxygen atoms in total. The highest BCUT2D eigenvalue weighted by atomic mass is 16.5. The zero-order chi connectivity index (χ0) is 10.5. The van der Waals surface area contributed by atoms with E-state index in [1.165, 1.54) is 44.1 Å². The van der Waals surface area contributed by atoms with Crippen LogP contribution in [-0.2, 0) is 4.74 Å². The van der Waals surface area contributed by atoms with E-state index in [4.69, 9.17) is 10.5 Å². The highest BCUT2D eigenvalue weighted by molar-refractivity contribution is 5.12. The second-order valence-electron chi connectivity index (χ2n) is 4.84. The van der Waals surface area contributed by atoms with Gasteiger partial charge in [-0.25, -0.2) is 0 Å². The van der Waals surface area contributed by atoms with Gasteiger partial charge in [0, 0.05) is 12.6 Å². The fourth-order valence-corrected chi connectivity index (χ4v) is 2.62. The largest absolute Gasteiger partial charge is 0.378 e. The Hall–Kier alpha value is -0.340. The Morgan fingerprint density at radius 2 is 2.33 bits per heavy atom. The molecule has 0 saturated carbocycles. The van der Waals surface area contributed by atoms with Crippen molar-refractivity contribution in [1.29, 1.82) is 0 Å². The van der Waals surface area contributed by atoms with E-state index in [0.717, 1.165) is 19.4 Å². The van der Waals surface area contributed by atoms with Crippen LogP contribution in [0.4, 0.5) is 0 Å². The van der Waals surface area contributed by atoms with Crippen LogP contribution in [0.2, 0.25) is 0 Å². The van der Waals surface area contributed by atoms with Gasteiger partial charge in [0.1, 0.15) is 0 Å². The Labute approximate surface area is 92.9 Å². The van der Waals surface area contributed by atoms with Crippen molar-refractivity contribution in [2.24, 2.45) is 5.73 Å². The van der Waals surface area contributed by atoms with Gasteiger partial charge in [0.05, 0.1) is 6.10 Å². The standard InChI is InChI=1S/C13H23NO/c14-13(11-5-2-1-3-6-11)9-8-12-7-4-10-15-12/h5,12-13H,1-4,6-10,14H2. The average Bonchev–Trinajstić information content (AvgIpc) is 2.80. The van der Waals surface area contributed by atoms with E-state index in [1.807, 2.05) is 0 Å². The molecule has 2 unspecified atom stereocenters. The quantitative estimate of drug-likeness (QED) is 0.723. The van der Waals surface area contributed by atoms with Crippen LogP contribution >= 0.6 is 0 Å². The van der Waals surface area contributed by atoms with Crippen molar-refractivity contribution < 1.29 is 4.74 Å². The van der Waals surface area contributed by atoms with E-state index >= 15 is 0 Å². The van der Waals surface area contributed by atoms with Gasteiger partial charge in [-0.2, -0.15) is 0 Å². The summed E-state index contributed by atoms with van der Waals surface area (Å²) in [6.45, 7) is 0.961. The molecule has 0 radical (unpaired) electrons. The lowest BCUT2D eigenvalue weighted by atomic mass is 9.91. The van der Waals surface area contributed by atoms with Crippen molar-refractivity contribution in [2.45, 2.75) is 63.5 Å². The summed E-state index contributed by atoms with van der Waals surface area (Å²) in [4.78, 5) is 0. The van der Waals surface area contributed by atoms with E-state index < -0.39 is 0 Å². The number of nitrogens with two attached hydrogens (primary N) is 1. The SMILES string of the molecule is NC(CCC1CCCO1)C1=CCCCC1. The minimum Gasteiger partial charge on any atom is -0.378 e. The number of hydrogen-bond acceptors (Lipinski definition) is 2. The Kier molecular flexibility index (Phi) is 4.21. The molecule has 0 aromatic heterocycles. The van der Waals surface area contributed by atoms with Crippen LogP contribution < -0.4 is 5.73 Å². The molecular formula is C13H23NO. The van der Waals surface area contributed by atoms with Crippen LogP contribution in [0, 0.1) is 0 Å². The van der Waals surface area contributed by atoms with E-state index in [1.54, 1.807) is 0 Å². The molecule has 1 aliphatic carbocycles. The maximum Gasteiger partial charge on any atom is 0.0576 e. The summed E-state index contributed by atoms with van der Waals surface area (Å²) in [5.41, 5.74) is 7.70. The van der Waals surface area contributed by atoms with Crippen LogP contribution in [0.3, 0.4) is 0 Å². The molecule has 1 saturated heterocycles. The molecule has 1 heterocycles. The second kappa shape index (κ2) is 5.66. The molecule has 2 N–H and O–H groups in total. The topological polar surface area (TPSA) is 35.2 Å². The minimum absolute atomic E-state index is 0.300. The summed E-state index contributed by atoms with van der Waals surface area (Å²) < 4.78 is 5.62. The molecule has 0 aromatic carbocycles. The van der Waals surface area contributed by atoms with Crippen molar-refractivity contribution in [3.05, 3.63) is 11.6 Å². The molecule has 2 rings (SSSR count). The van der Waals surface area contributed by atoms with Crippen molar-refractivity contribution >= 4 is 0 Å². The summed E-state index contributed by atoms with van der Waals surface area (Å²) in [6, 6.07) is 0.300. The second-order valence-corrected chi connectivity index (χ2v) is 4.84. The van der Waals surface area contributed by atoms with E-state index in [-0.39, 0.29) is 0 Å². The molecular weight excluding hydrogens is 186 g/mol. The van der Waals surface area contributed by atoms with Gasteiger partial charge in [-0.15, -0.1) is 0 Å². The van der Waals surface area contributed by atoms with Crippen molar-refractivity contribution in [2.75, 3.05) is 6.61 Å². The maximum absolute atomic E-state index is 6.20. The summed E-state index contributed by atoms with van der Waals surface area (Å²) in [5, 5.41) is 0. The van der Waals surface area contributed by atoms with Crippen molar-refractivity contribution in [3.8, 4) is 0 Å². The van der Waals surface area contributed by atoms with E-state index in [2.05, 4.69) is 6.08 Å². The van der Waals surface area contributed by atoms with Crippen molar-refractivity contribution in [3.63, 3.8) is 0 Å². The van der Waals surface area contributed by atoms with Crippen LogP contribution in [0.1, 0.15) is 51.4 Å². The monoisotopic (exact) mass is 209 g/mol. The van der Waals surface area contributed by atoms with Crippen LogP contribution in [0.15, 0.2) is 11.6 Å². The van der Waals surface area contributed by atoms with Crippen LogP contribution in [-0.4, -0.2) is 18.8 Å². The number of rotatable bonds is 4. The zero-order valence-corrected chi connectivity index (χ0v) is 9.58. The Morgan fingerprint density at radius 3 is 3.00 bits per heavy atom. The third-order valence-corrected chi connectivity index (χ3v) is 3.63. The molecule has 0 bridgehead atoms. The van der Waals surface area contributed by atoms with Crippen LogP contribution in [0.25, 0.3) is 0 Å². The molecule has 2 aliphatic rings. The third-order valence-electron chi connectivity index (χ3n) is 3.63. The summed E-state index contributed by atoms with van der Waals surface area (Å²) in [7, 11) is 0. The van der Waals surface area contributed by atoms with Gasteiger partial charge in [-0.3, -0.25) is 0 Å². The average molecular weight is 209 g/mol. The van der Waals surface area contributed by atoms with Gasteiger partial charge in [0.2, 0.25) is 0 Å². The molecule has 15 heavy (non-hydrogen) atoms. The lowest BCUT2D eigenvalue weighted by Gasteiger charge is -2.20. The van der Waals surface area contributed by atoms with Gasteiger partial charge in [0.25, 0.3) is 0 Å². The van der Waals surface area contributed by atoms with Gasteiger partial charge >= 0.3 is 0 Å². The van der Waals surface area contributed by atoms with E-state index in [0.29, 0.717) is 12.1 Å². The summed E-state index contributed by atoms with van der Waals surface area (Å²) >= 11 is 0. The minimum atomic E-state index is 0.300. The smallest absolute Gasteiger partial charge is 0.0576 e. The lowest BCUT2D eigenvalue weighted by Crippen LogP contribution is -2.25. The lowest BCUT2D eigenvalue weighted by molar-refractivity contribution is 0.101. The molecule has 0 amide bonds. The molecule has 2 heteroatoms. The first-order valence-electron chi connectivity index (χ1n) is 6.42. The van der Waals surface area contributed by atoms with Gasteiger partial charge in [0.15, 0.2) is 0 Å². The van der Waals surface area contributed by atoms with Gasteiger partial charge in [-0.1, -0.05) is 11.6 Å². The molecule has 0 aromatic rings. The van der Waals surface area contributed by atoms with Crippen molar-refractivity contribution in [1.82, 2.24) is 0 Å². The molecule has 1 fully saturated rings. The third kappa shape index (κ3) is 3.32. The summed E-state index contributed by atoms with van der Waals surface area (Å²) in [6.07, 6.45) is 12.8. The first kappa shape index (κ1) is 11.2. The first-order valence-corrected chi connectivity index (χ1v) is 6.42. The highest BCUT2D eigenvalue weighted by Crippen LogP contribution is 2.23. The fraction of sp³-hybridized carbons (Fsp3) is 0.846. The molecule has 2 atom stereocenters. The zero-order valence-electron chi connectivity index (χ0n) is 9.58.